The molecule has 0 aliphatic carbocycles. The molecule has 158 valence electrons. The van der Waals surface area contributed by atoms with Gasteiger partial charge in [0.25, 0.3) is 5.56 Å². The van der Waals surface area contributed by atoms with Crippen molar-refractivity contribution >= 4 is 27.2 Å². The molecular formula is C22H27N5O2S. The van der Waals surface area contributed by atoms with Crippen molar-refractivity contribution < 1.29 is 4.74 Å². The maximum Gasteiger partial charge on any atom is 0.262 e. The van der Waals surface area contributed by atoms with Gasteiger partial charge in [-0.05, 0) is 24.1 Å². The molecule has 0 spiro atoms. The molecule has 1 fully saturated rings. The molecule has 1 saturated heterocycles. The minimum Gasteiger partial charge on any atom is -0.495 e. The van der Waals surface area contributed by atoms with Crippen molar-refractivity contribution in [1.82, 2.24) is 19.8 Å². The molecule has 5 rings (SSSR count). The zero-order valence-corrected chi connectivity index (χ0v) is 18.1. The molecule has 30 heavy (non-hydrogen) atoms. The van der Waals surface area contributed by atoms with E-state index in [2.05, 4.69) is 32.2 Å². The number of nitrogens with one attached hydrogen (secondary N) is 1. The number of methoxy groups -OCH3 is 1. The van der Waals surface area contributed by atoms with Crippen LogP contribution in [0.4, 0.5) is 5.69 Å². The summed E-state index contributed by atoms with van der Waals surface area (Å²) in [5.41, 5.74) is 2.42. The Bertz CT molecular complexity index is 1100. The Kier molecular flexibility index (Phi) is 5.45. The molecular weight excluding hydrogens is 398 g/mol. The van der Waals surface area contributed by atoms with E-state index in [1.165, 1.54) is 10.4 Å². The molecule has 3 aromatic rings. The molecule has 1 aromatic carbocycles. The highest BCUT2D eigenvalue weighted by Crippen LogP contribution is 2.30. The van der Waals surface area contributed by atoms with Crippen LogP contribution in [-0.4, -0.2) is 60.8 Å². The summed E-state index contributed by atoms with van der Waals surface area (Å²) in [4.78, 5) is 24.7. The molecule has 2 aliphatic rings. The van der Waals surface area contributed by atoms with Gasteiger partial charge in [0.1, 0.15) is 10.6 Å². The predicted octanol–water partition coefficient (Wildman–Crippen LogP) is 1.93. The summed E-state index contributed by atoms with van der Waals surface area (Å²) in [6.45, 7) is 7.15. The Morgan fingerprint density at radius 2 is 2.00 bits per heavy atom. The fraction of sp³-hybridized carbons (Fsp3) is 0.455. The SMILES string of the molecule is COc1ccccc1N1CCN(CCn2cnc3sc4c(c3c2=O)CNCC4)CC1. The van der Waals surface area contributed by atoms with Crippen LogP contribution in [0.5, 0.6) is 5.75 Å². The fourth-order valence-corrected chi connectivity index (χ4v) is 5.59. The quantitative estimate of drug-likeness (QED) is 0.674. The van der Waals surface area contributed by atoms with Crippen molar-refractivity contribution in [2.75, 3.05) is 51.3 Å². The Morgan fingerprint density at radius 3 is 2.83 bits per heavy atom. The van der Waals surface area contributed by atoms with Gasteiger partial charge in [0, 0.05) is 57.2 Å². The van der Waals surface area contributed by atoms with Gasteiger partial charge >= 0.3 is 0 Å². The van der Waals surface area contributed by atoms with Gasteiger partial charge < -0.3 is 15.0 Å². The third-order valence-electron chi connectivity index (χ3n) is 6.15. The lowest BCUT2D eigenvalue weighted by atomic mass is 10.1. The van der Waals surface area contributed by atoms with Gasteiger partial charge in [0.15, 0.2) is 0 Å². The summed E-state index contributed by atoms with van der Waals surface area (Å²) in [5.74, 6) is 0.922. The molecule has 0 atom stereocenters. The minimum absolute atomic E-state index is 0.105. The third-order valence-corrected chi connectivity index (χ3v) is 7.35. The van der Waals surface area contributed by atoms with Crippen molar-refractivity contribution in [1.29, 1.82) is 0 Å². The highest BCUT2D eigenvalue weighted by atomic mass is 32.1. The lowest BCUT2D eigenvalue weighted by Crippen LogP contribution is -2.47. The lowest BCUT2D eigenvalue weighted by molar-refractivity contribution is 0.246. The maximum absolute atomic E-state index is 13.1. The van der Waals surface area contributed by atoms with Crippen LogP contribution in [0, 0.1) is 0 Å². The summed E-state index contributed by atoms with van der Waals surface area (Å²) >= 11 is 1.68. The van der Waals surface area contributed by atoms with Crippen LogP contribution in [0.1, 0.15) is 10.4 Å². The van der Waals surface area contributed by atoms with Crippen molar-refractivity contribution in [2.24, 2.45) is 0 Å². The first-order valence-electron chi connectivity index (χ1n) is 10.6. The standard InChI is InChI=1S/C22H27N5O2S/c1-29-18-5-3-2-4-17(18)26-11-8-25(9-12-26)10-13-27-15-24-21-20(22(27)28)16-14-23-7-6-19(16)30-21/h2-5,15,23H,6-14H2,1H3. The number of benzene rings is 1. The maximum atomic E-state index is 13.1. The van der Waals surface area contributed by atoms with E-state index in [1.54, 1.807) is 29.3 Å². The van der Waals surface area contributed by atoms with Crippen molar-refractivity contribution in [2.45, 2.75) is 19.5 Å². The van der Waals surface area contributed by atoms with E-state index in [0.29, 0.717) is 6.54 Å². The molecule has 0 unspecified atom stereocenters. The highest BCUT2D eigenvalue weighted by Gasteiger charge is 2.21. The zero-order chi connectivity index (χ0) is 20.5. The van der Waals surface area contributed by atoms with E-state index >= 15 is 0 Å². The summed E-state index contributed by atoms with van der Waals surface area (Å²) in [6.07, 6.45) is 2.72. The van der Waals surface area contributed by atoms with Crippen molar-refractivity contribution in [3.63, 3.8) is 0 Å². The van der Waals surface area contributed by atoms with Crippen LogP contribution in [0.15, 0.2) is 35.4 Å². The number of hydrogen-bond donors (Lipinski definition) is 1. The first-order chi connectivity index (χ1) is 14.7. The smallest absolute Gasteiger partial charge is 0.262 e. The number of aromatic nitrogens is 2. The van der Waals surface area contributed by atoms with E-state index in [-0.39, 0.29) is 5.56 Å². The van der Waals surface area contributed by atoms with Gasteiger partial charge in [-0.25, -0.2) is 4.98 Å². The van der Waals surface area contributed by atoms with Gasteiger partial charge in [0.05, 0.1) is 24.5 Å². The summed E-state index contributed by atoms with van der Waals surface area (Å²) < 4.78 is 7.30. The van der Waals surface area contributed by atoms with Gasteiger partial charge in [-0.15, -0.1) is 11.3 Å². The van der Waals surface area contributed by atoms with Gasteiger partial charge in [-0.1, -0.05) is 12.1 Å². The predicted molar refractivity (Wildman–Crippen MR) is 121 cm³/mol. The van der Waals surface area contributed by atoms with Crippen LogP contribution < -0.4 is 20.5 Å². The summed E-state index contributed by atoms with van der Waals surface area (Å²) in [6, 6.07) is 8.18. The van der Waals surface area contributed by atoms with E-state index in [0.717, 1.165) is 73.9 Å². The van der Waals surface area contributed by atoms with Crippen LogP contribution >= 0.6 is 11.3 Å². The Labute approximate surface area is 179 Å². The molecule has 0 amide bonds. The molecule has 1 N–H and O–H groups in total. The molecule has 2 aliphatic heterocycles. The largest absolute Gasteiger partial charge is 0.495 e. The number of para-hydroxylation sites is 2. The second-order valence-electron chi connectivity index (χ2n) is 7.85. The second kappa shape index (κ2) is 8.37. The summed E-state index contributed by atoms with van der Waals surface area (Å²) in [7, 11) is 1.72. The van der Waals surface area contributed by atoms with E-state index in [1.807, 2.05) is 12.1 Å². The van der Waals surface area contributed by atoms with E-state index in [4.69, 9.17) is 4.74 Å². The zero-order valence-electron chi connectivity index (χ0n) is 17.3. The molecule has 0 radical (unpaired) electrons. The minimum atomic E-state index is 0.105. The third kappa shape index (κ3) is 3.59. The molecule has 0 saturated carbocycles. The number of hydrogen-bond acceptors (Lipinski definition) is 7. The monoisotopic (exact) mass is 425 g/mol. The van der Waals surface area contributed by atoms with E-state index < -0.39 is 0 Å². The number of nitrogens with zero attached hydrogens (tertiary/aromatic N) is 4. The fourth-order valence-electron chi connectivity index (χ4n) is 4.44. The number of rotatable bonds is 5. The van der Waals surface area contributed by atoms with Crippen LogP contribution in [0.3, 0.4) is 0 Å². The first-order valence-corrected chi connectivity index (χ1v) is 11.4. The lowest BCUT2D eigenvalue weighted by Gasteiger charge is -2.36. The van der Waals surface area contributed by atoms with Gasteiger partial charge in [-0.2, -0.15) is 0 Å². The van der Waals surface area contributed by atoms with Gasteiger partial charge in [0.2, 0.25) is 0 Å². The second-order valence-corrected chi connectivity index (χ2v) is 8.94. The molecule has 7 nitrogen and oxygen atoms in total. The van der Waals surface area contributed by atoms with Gasteiger partial charge in [-0.3, -0.25) is 14.3 Å². The number of fused-ring (bicyclic) bond motifs is 3. The summed E-state index contributed by atoms with van der Waals surface area (Å²) in [5, 5.41) is 4.21. The normalized spacial score (nSPS) is 17.3. The first kappa shape index (κ1) is 19.5. The molecule has 4 heterocycles. The number of anilines is 1. The highest BCUT2D eigenvalue weighted by molar-refractivity contribution is 7.18. The number of ether oxygens (including phenoxy) is 1. The Hall–Kier alpha value is -2.42. The Balaban J connectivity index is 1.25. The molecule has 2 aromatic heterocycles. The number of piperazine rings is 1. The average molecular weight is 426 g/mol. The van der Waals surface area contributed by atoms with Crippen molar-refractivity contribution in [3.05, 3.63) is 51.4 Å². The van der Waals surface area contributed by atoms with Crippen LogP contribution in [-0.2, 0) is 19.5 Å². The van der Waals surface area contributed by atoms with Crippen LogP contribution in [0.2, 0.25) is 0 Å². The molecule has 0 bridgehead atoms. The topological polar surface area (TPSA) is 62.6 Å². The Morgan fingerprint density at radius 1 is 1.17 bits per heavy atom. The van der Waals surface area contributed by atoms with E-state index in [9.17, 15) is 4.79 Å². The van der Waals surface area contributed by atoms with Crippen LogP contribution in [0.25, 0.3) is 10.2 Å². The molecule has 8 heteroatoms. The van der Waals surface area contributed by atoms with Crippen molar-refractivity contribution in [3.8, 4) is 5.75 Å². The number of thiophene rings is 1. The average Bonchev–Trinajstić information content (AvgIpc) is 3.18.